The van der Waals surface area contributed by atoms with E-state index in [-0.39, 0.29) is 11.8 Å². The van der Waals surface area contributed by atoms with Crippen molar-refractivity contribution in [3.05, 3.63) is 30.3 Å². The van der Waals surface area contributed by atoms with Crippen LogP contribution in [-0.4, -0.2) is 23.4 Å². The van der Waals surface area contributed by atoms with Gasteiger partial charge in [-0.3, -0.25) is 14.5 Å². The number of hydrogen-bond donors (Lipinski definition) is 1. The Morgan fingerprint density at radius 3 is 2.37 bits per heavy atom. The summed E-state index contributed by atoms with van der Waals surface area (Å²) in [5.41, 5.74) is -0.0210. The van der Waals surface area contributed by atoms with Crippen LogP contribution in [0.3, 0.4) is 0 Å². The van der Waals surface area contributed by atoms with Crippen molar-refractivity contribution >= 4 is 17.5 Å². The first kappa shape index (κ1) is 13.6. The summed E-state index contributed by atoms with van der Waals surface area (Å²) >= 11 is 0. The molecule has 0 aromatic heterocycles. The molecule has 1 aliphatic heterocycles. The summed E-state index contributed by atoms with van der Waals surface area (Å²) in [7, 11) is 0. The van der Waals surface area contributed by atoms with Gasteiger partial charge in [-0.1, -0.05) is 32.0 Å². The Bertz CT molecular complexity index is 486. The highest BCUT2D eigenvalue weighted by Crippen LogP contribution is 2.28. The molecule has 2 amide bonds. The predicted molar refractivity (Wildman–Crippen MR) is 74.8 cm³/mol. The van der Waals surface area contributed by atoms with Gasteiger partial charge in [-0.05, 0) is 31.9 Å². The van der Waals surface area contributed by atoms with Crippen molar-refractivity contribution in [2.45, 2.75) is 45.2 Å². The number of amides is 2. The number of para-hydroxylation sites is 1. The van der Waals surface area contributed by atoms with Crippen LogP contribution < -0.4 is 10.2 Å². The van der Waals surface area contributed by atoms with E-state index in [0.717, 1.165) is 5.69 Å². The number of nitrogens with zero attached hydrogens (tertiary/aromatic N) is 1. The molecule has 0 bridgehead atoms. The second kappa shape index (κ2) is 5.03. The topological polar surface area (TPSA) is 49.4 Å². The number of anilines is 1. The molecule has 1 fully saturated rings. The van der Waals surface area contributed by atoms with Gasteiger partial charge in [0.05, 0.1) is 0 Å². The molecule has 102 valence electrons. The number of carbonyl (C=O) groups is 2. The maximum absolute atomic E-state index is 12.7. The molecule has 19 heavy (non-hydrogen) atoms. The third-order valence-electron chi connectivity index (χ3n) is 3.83. The van der Waals surface area contributed by atoms with E-state index in [0.29, 0.717) is 12.8 Å². The third kappa shape index (κ3) is 2.23. The first-order chi connectivity index (χ1) is 9.03. The molecule has 1 heterocycles. The van der Waals surface area contributed by atoms with E-state index < -0.39 is 11.6 Å². The molecule has 1 aliphatic rings. The fourth-order valence-corrected chi connectivity index (χ4v) is 2.43. The number of rotatable bonds is 3. The van der Waals surface area contributed by atoms with E-state index >= 15 is 0 Å². The lowest BCUT2D eigenvalue weighted by Crippen LogP contribution is -2.69. The lowest BCUT2D eigenvalue weighted by atomic mass is 9.90. The zero-order valence-electron chi connectivity index (χ0n) is 11.6. The van der Waals surface area contributed by atoms with Crippen molar-refractivity contribution in [1.82, 2.24) is 5.32 Å². The van der Waals surface area contributed by atoms with E-state index in [2.05, 4.69) is 5.32 Å². The lowest BCUT2D eigenvalue weighted by molar-refractivity contribution is -0.138. The average molecular weight is 260 g/mol. The van der Waals surface area contributed by atoms with E-state index in [9.17, 15) is 9.59 Å². The molecule has 0 aliphatic carbocycles. The smallest absolute Gasteiger partial charge is 0.253 e. The molecular weight excluding hydrogens is 240 g/mol. The Balaban J connectivity index is 2.46. The molecule has 1 N–H and O–H groups in total. The minimum Gasteiger partial charge on any atom is -0.340 e. The van der Waals surface area contributed by atoms with Crippen LogP contribution in [0.4, 0.5) is 5.69 Å². The van der Waals surface area contributed by atoms with Crippen LogP contribution in [0, 0.1) is 0 Å². The van der Waals surface area contributed by atoms with Crippen LogP contribution >= 0.6 is 0 Å². The first-order valence-corrected chi connectivity index (χ1v) is 6.74. The summed E-state index contributed by atoms with van der Waals surface area (Å²) in [5, 5.41) is 2.86. The standard InChI is InChI=1S/C15H20N2O2/c1-4-12-13(18)16-15(3,5-2)14(19)17(12)11-9-7-6-8-10-11/h6-10,12H,4-5H2,1-3H3,(H,16,18). The summed E-state index contributed by atoms with van der Waals surface area (Å²) < 4.78 is 0. The molecule has 1 aromatic carbocycles. The van der Waals surface area contributed by atoms with Gasteiger partial charge >= 0.3 is 0 Å². The van der Waals surface area contributed by atoms with Gasteiger partial charge in [0.15, 0.2) is 0 Å². The quantitative estimate of drug-likeness (QED) is 0.904. The highest BCUT2D eigenvalue weighted by Gasteiger charge is 2.46. The van der Waals surface area contributed by atoms with Crippen LogP contribution in [0.5, 0.6) is 0 Å². The van der Waals surface area contributed by atoms with E-state index in [4.69, 9.17) is 0 Å². The van der Waals surface area contributed by atoms with Gasteiger partial charge in [0.1, 0.15) is 11.6 Å². The Labute approximate surface area is 113 Å². The molecule has 1 aromatic rings. The van der Waals surface area contributed by atoms with E-state index in [1.807, 2.05) is 44.2 Å². The second-order valence-electron chi connectivity index (χ2n) is 5.11. The Kier molecular flexibility index (Phi) is 3.60. The number of carbonyl (C=O) groups excluding carboxylic acids is 2. The largest absolute Gasteiger partial charge is 0.340 e. The molecule has 2 rings (SSSR count). The van der Waals surface area contributed by atoms with Gasteiger partial charge < -0.3 is 5.32 Å². The summed E-state index contributed by atoms with van der Waals surface area (Å²) in [5.74, 6) is -0.108. The summed E-state index contributed by atoms with van der Waals surface area (Å²) in [4.78, 5) is 26.6. The Morgan fingerprint density at radius 2 is 1.84 bits per heavy atom. The number of piperazine rings is 1. The summed E-state index contributed by atoms with van der Waals surface area (Å²) in [6, 6.07) is 8.98. The van der Waals surface area contributed by atoms with Crippen LogP contribution in [0.1, 0.15) is 33.6 Å². The van der Waals surface area contributed by atoms with Crippen molar-refractivity contribution in [1.29, 1.82) is 0 Å². The zero-order valence-corrected chi connectivity index (χ0v) is 11.6. The zero-order chi connectivity index (χ0) is 14.0. The lowest BCUT2D eigenvalue weighted by Gasteiger charge is -2.43. The van der Waals surface area contributed by atoms with Gasteiger partial charge in [-0.15, -0.1) is 0 Å². The van der Waals surface area contributed by atoms with Crippen molar-refractivity contribution in [2.75, 3.05) is 4.90 Å². The first-order valence-electron chi connectivity index (χ1n) is 6.74. The van der Waals surface area contributed by atoms with Crippen molar-refractivity contribution in [2.24, 2.45) is 0 Å². The molecular formula is C15H20N2O2. The highest BCUT2D eigenvalue weighted by atomic mass is 16.2. The molecule has 0 spiro atoms. The number of nitrogens with one attached hydrogen (secondary N) is 1. The Morgan fingerprint density at radius 1 is 1.21 bits per heavy atom. The fourth-order valence-electron chi connectivity index (χ4n) is 2.43. The SMILES string of the molecule is CCC1C(=O)NC(C)(CC)C(=O)N1c1ccccc1. The molecule has 0 saturated carbocycles. The van der Waals surface area contributed by atoms with Gasteiger partial charge in [0.25, 0.3) is 5.91 Å². The van der Waals surface area contributed by atoms with Gasteiger partial charge in [0, 0.05) is 5.69 Å². The fraction of sp³-hybridized carbons (Fsp3) is 0.467. The van der Waals surface area contributed by atoms with Gasteiger partial charge in [-0.25, -0.2) is 0 Å². The van der Waals surface area contributed by atoms with E-state index in [1.165, 1.54) is 0 Å². The van der Waals surface area contributed by atoms with Crippen LogP contribution in [0.2, 0.25) is 0 Å². The van der Waals surface area contributed by atoms with Gasteiger partial charge in [0.2, 0.25) is 5.91 Å². The van der Waals surface area contributed by atoms with Crippen molar-refractivity contribution in [3.63, 3.8) is 0 Å². The summed E-state index contributed by atoms with van der Waals surface area (Å²) in [6.07, 6.45) is 1.18. The number of hydrogen-bond acceptors (Lipinski definition) is 2. The molecule has 0 radical (unpaired) electrons. The highest BCUT2D eigenvalue weighted by molar-refractivity contribution is 6.10. The van der Waals surface area contributed by atoms with Crippen LogP contribution in [0.15, 0.2) is 30.3 Å². The second-order valence-corrected chi connectivity index (χ2v) is 5.11. The van der Waals surface area contributed by atoms with Crippen LogP contribution in [-0.2, 0) is 9.59 Å². The molecule has 2 atom stereocenters. The van der Waals surface area contributed by atoms with Crippen molar-refractivity contribution in [3.8, 4) is 0 Å². The monoisotopic (exact) mass is 260 g/mol. The average Bonchev–Trinajstić information content (AvgIpc) is 2.43. The van der Waals surface area contributed by atoms with Gasteiger partial charge in [-0.2, -0.15) is 0 Å². The molecule has 1 saturated heterocycles. The Hall–Kier alpha value is -1.84. The summed E-state index contributed by atoms with van der Waals surface area (Å²) in [6.45, 7) is 5.62. The molecule has 4 nitrogen and oxygen atoms in total. The van der Waals surface area contributed by atoms with E-state index in [1.54, 1.807) is 11.8 Å². The minimum absolute atomic E-state index is 0.0346. The molecule has 2 unspecified atom stereocenters. The maximum atomic E-state index is 12.7. The van der Waals surface area contributed by atoms with Crippen LogP contribution in [0.25, 0.3) is 0 Å². The normalized spacial score (nSPS) is 27.3. The minimum atomic E-state index is -0.807. The predicted octanol–water partition coefficient (Wildman–Crippen LogP) is 2.10. The molecule has 4 heteroatoms. The maximum Gasteiger partial charge on any atom is 0.253 e. The third-order valence-corrected chi connectivity index (χ3v) is 3.83. The number of benzene rings is 1. The van der Waals surface area contributed by atoms with Crippen molar-refractivity contribution < 1.29 is 9.59 Å².